The van der Waals surface area contributed by atoms with Crippen LogP contribution in [0.3, 0.4) is 0 Å². The van der Waals surface area contributed by atoms with Gasteiger partial charge in [-0.3, -0.25) is 14.4 Å². The van der Waals surface area contributed by atoms with Crippen molar-refractivity contribution >= 4 is 17.1 Å². The molecule has 1 aromatic heterocycles. The van der Waals surface area contributed by atoms with Crippen molar-refractivity contribution in [2.45, 2.75) is 25.9 Å². The van der Waals surface area contributed by atoms with Gasteiger partial charge in [-0.1, -0.05) is 37.3 Å². The van der Waals surface area contributed by atoms with Crippen LogP contribution in [0.4, 0.5) is 17.1 Å². The number of hydrogen-bond acceptors (Lipinski definition) is 6. The lowest BCUT2D eigenvalue weighted by molar-refractivity contribution is 0.186. The molecular weight excluding hydrogens is 358 g/mol. The fourth-order valence-corrected chi connectivity index (χ4v) is 3.06. The Hall–Kier alpha value is -3.19. The summed E-state index contributed by atoms with van der Waals surface area (Å²) in [6, 6.07) is 12.9. The molecule has 0 aliphatic rings. The van der Waals surface area contributed by atoms with Gasteiger partial charge in [0.05, 0.1) is 12.6 Å². The predicted molar refractivity (Wildman–Crippen MR) is 110 cm³/mol. The topological polar surface area (TPSA) is 89.4 Å². The zero-order chi connectivity index (χ0) is 20.1. The van der Waals surface area contributed by atoms with Crippen LogP contribution in [0.25, 0.3) is 0 Å². The number of hydrogen-bond donors (Lipinski definition) is 2. The Kier molecular flexibility index (Phi) is 6.06. The van der Waals surface area contributed by atoms with Crippen LogP contribution in [0, 0.1) is 0 Å². The van der Waals surface area contributed by atoms with Gasteiger partial charge in [-0.05, 0) is 24.1 Å². The van der Waals surface area contributed by atoms with Crippen molar-refractivity contribution in [2.24, 2.45) is 0 Å². The summed E-state index contributed by atoms with van der Waals surface area (Å²) in [5, 5.41) is 6.00. The van der Waals surface area contributed by atoms with Crippen molar-refractivity contribution in [3.63, 3.8) is 0 Å². The Balaban J connectivity index is 1.86. The van der Waals surface area contributed by atoms with E-state index in [1.165, 1.54) is 4.57 Å². The first-order valence-electron chi connectivity index (χ1n) is 9.17. The second-order valence-corrected chi connectivity index (χ2v) is 6.46. The van der Waals surface area contributed by atoms with Gasteiger partial charge < -0.3 is 19.9 Å². The number of methoxy groups -OCH3 is 1. The number of nitrogens with zero attached hydrogens (tertiary/aromatic N) is 1. The smallest absolute Gasteiger partial charge is 0.274 e. The molecule has 0 spiro atoms. The predicted octanol–water partition coefficient (Wildman–Crippen LogP) is 2.40. The number of benzene rings is 1. The van der Waals surface area contributed by atoms with E-state index in [0.29, 0.717) is 13.2 Å². The SMILES string of the molecule is CCC(Nc1c(Nc2cccn(CCOC)c2=O)c(=O)c1=O)c1ccccc1. The maximum atomic E-state index is 12.6. The van der Waals surface area contributed by atoms with E-state index in [1.54, 1.807) is 25.4 Å². The van der Waals surface area contributed by atoms with E-state index in [0.717, 1.165) is 12.0 Å². The van der Waals surface area contributed by atoms with Crippen molar-refractivity contribution < 1.29 is 4.74 Å². The summed E-state index contributed by atoms with van der Waals surface area (Å²) in [5.41, 5.74) is 0.110. The van der Waals surface area contributed by atoms with Crippen LogP contribution in [0.1, 0.15) is 24.9 Å². The largest absolute Gasteiger partial charge is 0.383 e. The van der Waals surface area contributed by atoms with Gasteiger partial charge in [0.2, 0.25) is 0 Å². The number of pyridine rings is 1. The summed E-state index contributed by atoms with van der Waals surface area (Å²) in [6.45, 7) is 2.79. The van der Waals surface area contributed by atoms with E-state index >= 15 is 0 Å². The molecule has 0 amide bonds. The molecule has 0 saturated heterocycles. The molecule has 0 aliphatic heterocycles. The minimum Gasteiger partial charge on any atom is -0.383 e. The van der Waals surface area contributed by atoms with Gasteiger partial charge in [0.15, 0.2) is 0 Å². The highest BCUT2D eigenvalue weighted by molar-refractivity contribution is 5.78. The van der Waals surface area contributed by atoms with Crippen LogP contribution >= 0.6 is 0 Å². The maximum Gasteiger partial charge on any atom is 0.274 e. The van der Waals surface area contributed by atoms with E-state index in [1.807, 2.05) is 37.3 Å². The molecule has 28 heavy (non-hydrogen) atoms. The molecule has 0 radical (unpaired) electrons. The van der Waals surface area contributed by atoms with E-state index in [-0.39, 0.29) is 28.7 Å². The number of aromatic nitrogens is 1. The zero-order valence-corrected chi connectivity index (χ0v) is 15.9. The summed E-state index contributed by atoms with van der Waals surface area (Å²) in [5.74, 6) is 0. The molecule has 146 valence electrons. The fraction of sp³-hybridized carbons (Fsp3) is 0.286. The summed E-state index contributed by atoms with van der Waals surface area (Å²) < 4.78 is 6.49. The lowest BCUT2D eigenvalue weighted by Crippen LogP contribution is -2.38. The Morgan fingerprint density at radius 1 is 1.00 bits per heavy atom. The van der Waals surface area contributed by atoms with Gasteiger partial charge in [-0.25, -0.2) is 0 Å². The monoisotopic (exact) mass is 381 g/mol. The average molecular weight is 381 g/mol. The quantitative estimate of drug-likeness (QED) is 0.553. The molecule has 0 fully saturated rings. The Morgan fingerprint density at radius 3 is 2.39 bits per heavy atom. The number of nitrogens with one attached hydrogen (secondary N) is 2. The molecule has 1 unspecified atom stereocenters. The Bertz CT molecular complexity index is 1070. The first kappa shape index (κ1) is 19.6. The molecule has 0 aliphatic carbocycles. The van der Waals surface area contributed by atoms with Crippen molar-refractivity contribution in [2.75, 3.05) is 24.4 Å². The van der Waals surface area contributed by atoms with E-state index in [4.69, 9.17) is 4.74 Å². The fourth-order valence-electron chi connectivity index (χ4n) is 3.06. The molecule has 1 heterocycles. The third-order valence-corrected chi connectivity index (χ3v) is 4.66. The highest BCUT2D eigenvalue weighted by Gasteiger charge is 2.24. The number of anilines is 3. The van der Waals surface area contributed by atoms with Gasteiger partial charge in [-0.15, -0.1) is 0 Å². The van der Waals surface area contributed by atoms with Crippen LogP contribution < -0.4 is 27.1 Å². The molecule has 0 saturated carbocycles. The molecule has 2 N–H and O–H groups in total. The molecule has 7 nitrogen and oxygen atoms in total. The summed E-state index contributed by atoms with van der Waals surface area (Å²) in [7, 11) is 1.56. The Labute approximate surface area is 162 Å². The maximum absolute atomic E-state index is 12.6. The van der Waals surface area contributed by atoms with Gasteiger partial charge in [-0.2, -0.15) is 0 Å². The van der Waals surface area contributed by atoms with Crippen molar-refractivity contribution in [3.05, 3.63) is 85.0 Å². The molecule has 2 aromatic carbocycles. The van der Waals surface area contributed by atoms with Gasteiger partial charge in [0.25, 0.3) is 16.4 Å². The lowest BCUT2D eigenvalue weighted by Gasteiger charge is -2.22. The average Bonchev–Trinajstić information content (AvgIpc) is 2.73. The normalized spacial score (nSPS) is 12.1. The molecule has 3 aromatic rings. The van der Waals surface area contributed by atoms with Crippen molar-refractivity contribution in [1.29, 1.82) is 0 Å². The van der Waals surface area contributed by atoms with Crippen molar-refractivity contribution in [1.82, 2.24) is 4.57 Å². The van der Waals surface area contributed by atoms with E-state index in [9.17, 15) is 14.4 Å². The van der Waals surface area contributed by atoms with Gasteiger partial charge in [0.1, 0.15) is 17.1 Å². The molecule has 3 rings (SSSR count). The van der Waals surface area contributed by atoms with Crippen molar-refractivity contribution in [3.8, 4) is 0 Å². The van der Waals surface area contributed by atoms with Crippen LogP contribution in [0.5, 0.6) is 0 Å². The van der Waals surface area contributed by atoms with E-state index < -0.39 is 10.9 Å². The second-order valence-electron chi connectivity index (χ2n) is 6.46. The third-order valence-electron chi connectivity index (χ3n) is 4.66. The number of ether oxygens (including phenoxy) is 1. The van der Waals surface area contributed by atoms with Crippen LogP contribution in [0.15, 0.2) is 63.0 Å². The van der Waals surface area contributed by atoms with Gasteiger partial charge in [0, 0.05) is 19.9 Å². The Morgan fingerprint density at radius 2 is 1.71 bits per heavy atom. The highest BCUT2D eigenvalue weighted by Crippen LogP contribution is 2.26. The molecular formula is C21H23N3O4. The summed E-state index contributed by atoms with van der Waals surface area (Å²) in [4.78, 5) is 36.8. The van der Waals surface area contributed by atoms with Crippen LogP contribution in [-0.2, 0) is 11.3 Å². The van der Waals surface area contributed by atoms with Crippen LogP contribution in [0.2, 0.25) is 0 Å². The molecule has 0 bridgehead atoms. The molecule has 7 heteroatoms. The minimum absolute atomic E-state index is 0.112. The molecule has 1 atom stereocenters. The first-order valence-corrected chi connectivity index (χ1v) is 9.17. The summed E-state index contributed by atoms with van der Waals surface area (Å²) >= 11 is 0. The second kappa shape index (κ2) is 8.67. The number of rotatable bonds is 9. The zero-order valence-electron chi connectivity index (χ0n) is 15.9. The summed E-state index contributed by atoms with van der Waals surface area (Å²) in [6.07, 6.45) is 2.38. The first-order chi connectivity index (χ1) is 13.6. The lowest BCUT2D eigenvalue weighted by atomic mass is 10.0. The van der Waals surface area contributed by atoms with Gasteiger partial charge >= 0.3 is 0 Å². The van der Waals surface area contributed by atoms with E-state index in [2.05, 4.69) is 10.6 Å². The third kappa shape index (κ3) is 3.89. The highest BCUT2D eigenvalue weighted by atomic mass is 16.5. The standard InChI is InChI=1S/C21H23N3O4/c1-3-15(14-8-5-4-6-9-14)22-17-18(20(26)19(17)25)23-16-10-7-11-24(21(16)27)12-13-28-2/h4-11,15,22-23H,3,12-13H2,1-2H3. The van der Waals surface area contributed by atoms with Crippen LogP contribution in [-0.4, -0.2) is 18.3 Å². The minimum atomic E-state index is -0.628.